The normalized spacial score (nSPS) is 10.6. The van der Waals surface area contributed by atoms with Gasteiger partial charge in [-0.15, -0.1) is 0 Å². The first-order chi connectivity index (χ1) is 9.72. The van der Waals surface area contributed by atoms with Crippen LogP contribution >= 0.6 is 11.3 Å². The summed E-state index contributed by atoms with van der Waals surface area (Å²) in [6.45, 7) is 0.701. The summed E-state index contributed by atoms with van der Waals surface area (Å²) in [5, 5.41) is 13.0. The van der Waals surface area contributed by atoms with Gasteiger partial charge in [-0.05, 0) is 23.8 Å². The molecular formula is C15H12N2O2S. The van der Waals surface area contributed by atoms with Crippen LogP contribution in [-0.4, -0.2) is 16.1 Å². The fraction of sp³-hybridized carbons (Fsp3) is 0.0667. The Hall–Kier alpha value is -2.40. The number of carboxylic acids is 1. The van der Waals surface area contributed by atoms with E-state index >= 15 is 0 Å². The van der Waals surface area contributed by atoms with Gasteiger partial charge in [0, 0.05) is 6.54 Å². The van der Waals surface area contributed by atoms with Crippen LogP contribution in [-0.2, 0) is 6.54 Å². The number of benzene rings is 2. The monoisotopic (exact) mass is 284 g/mol. The van der Waals surface area contributed by atoms with Gasteiger partial charge in [0.05, 0.1) is 15.8 Å². The van der Waals surface area contributed by atoms with Crippen LogP contribution in [0.3, 0.4) is 0 Å². The number of carboxylic acid groups (broad SMARTS) is 1. The van der Waals surface area contributed by atoms with Gasteiger partial charge < -0.3 is 10.4 Å². The second-order valence-electron chi connectivity index (χ2n) is 4.35. The van der Waals surface area contributed by atoms with Crippen LogP contribution < -0.4 is 5.32 Å². The Labute approximate surface area is 119 Å². The van der Waals surface area contributed by atoms with Gasteiger partial charge in [-0.2, -0.15) is 0 Å². The summed E-state index contributed by atoms with van der Waals surface area (Å²) in [5.41, 5.74) is 2.28. The SMILES string of the molecule is O=C(O)c1ccc2nc(NCc3ccccc3)sc2c1. The summed E-state index contributed by atoms with van der Waals surface area (Å²) in [6, 6.07) is 15.0. The second kappa shape index (κ2) is 5.30. The Kier molecular flexibility index (Phi) is 3.35. The van der Waals surface area contributed by atoms with E-state index in [0.29, 0.717) is 6.54 Å². The van der Waals surface area contributed by atoms with Crippen molar-refractivity contribution in [3.05, 3.63) is 59.7 Å². The molecule has 0 unspecified atom stereocenters. The molecule has 1 heterocycles. The van der Waals surface area contributed by atoms with Crippen LogP contribution in [0.2, 0.25) is 0 Å². The highest BCUT2D eigenvalue weighted by molar-refractivity contribution is 7.22. The third kappa shape index (κ3) is 2.62. The summed E-state index contributed by atoms with van der Waals surface area (Å²) >= 11 is 1.46. The maximum Gasteiger partial charge on any atom is 0.335 e. The molecule has 0 aliphatic rings. The number of nitrogens with zero attached hydrogens (tertiary/aromatic N) is 1. The number of fused-ring (bicyclic) bond motifs is 1. The smallest absolute Gasteiger partial charge is 0.335 e. The second-order valence-corrected chi connectivity index (χ2v) is 5.38. The van der Waals surface area contributed by atoms with Gasteiger partial charge in [0.15, 0.2) is 5.13 Å². The van der Waals surface area contributed by atoms with E-state index in [2.05, 4.69) is 10.3 Å². The van der Waals surface area contributed by atoms with Crippen molar-refractivity contribution in [3.8, 4) is 0 Å². The van der Waals surface area contributed by atoms with Crippen LogP contribution in [0.5, 0.6) is 0 Å². The van der Waals surface area contributed by atoms with Crippen molar-refractivity contribution in [2.45, 2.75) is 6.54 Å². The van der Waals surface area contributed by atoms with Crippen molar-refractivity contribution < 1.29 is 9.90 Å². The molecule has 5 heteroatoms. The van der Waals surface area contributed by atoms with Gasteiger partial charge in [-0.3, -0.25) is 0 Å². The Balaban J connectivity index is 1.80. The lowest BCUT2D eigenvalue weighted by atomic mass is 10.2. The highest BCUT2D eigenvalue weighted by Crippen LogP contribution is 2.27. The van der Waals surface area contributed by atoms with Gasteiger partial charge in [0.2, 0.25) is 0 Å². The number of hydrogen-bond donors (Lipinski definition) is 2. The Bertz CT molecular complexity index is 753. The summed E-state index contributed by atoms with van der Waals surface area (Å²) in [6.07, 6.45) is 0. The molecule has 0 saturated carbocycles. The first-order valence-corrected chi connectivity index (χ1v) is 6.96. The maximum absolute atomic E-state index is 10.9. The average Bonchev–Trinajstić information content (AvgIpc) is 2.88. The first-order valence-electron chi connectivity index (χ1n) is 6.14. The fourth-order valence-electron chi connectivity index (χ4n) is 1.91. The zero-order valence-electron chi connectivity index (χ0n) is 10.5. The number of rotatable bonds is 4. The molecule has 0 saturated heterocycles. The van der Waals surface area contributed by atoms with Crippen LogP contribution in [0.4, 0.5) is 5.13 Å². The third-order valence-corrected chi connectivity index (χ3v) is 3.90. The van der Waals surface area contributed by atoms with E-state index in [1.807, 2.05) is 30.3 Å². The molecule has 0 radical (unpaired) electrons. The van der Waals surface area contributed by atoms with Gasteiger partial charge in [-0.1, -0.05) is 41.7 Å². The summed E-state index contributed by atoms with van der Waals surface area (Å²) in [4.78, 5) is 15.4. The minimum absolute atomic E-state index is 0.288. The summed E-state index contributed by atoms with van der Waals surface area (Å²) < 4.78 is 0.875. The largest absolute Gasteiger partial charge is 0.478 e. The lowest BCUT2D eigenvalue weighted by Gasteiger charge is -2.01. The van der Waals surface area contributed by atoms with Crippen molar-refractivity contribution in [1.82, 2.24) is 4.98 Å². The molecule has 0 spiro atoms. The topological polar surface area (TPSA) is 62.2 Å². The van der Waals surface area contributed by atoms with E-state index in [9.17, 15) is 4.79 Å². The summed E-state index contributed by atoms with van der Waals surface area (Å²) in [7, 11) is 0. The highest BCUT2D eigenvalue weighted by atomic mass is 32.1. The zero-order valence-corrected chi connectivity index (χ0v) is 11.4. The molecule has 3 aromatic rings. The molecule has 20 heavy (non-hydrogen) atoms. The zero-order chi connectivity index (χ0) is 13.9. The third-order valence-electron chi connectivity index (χ3n) is 2.92. The van der Waals surface area contributed by atoms with E-state index in [1.165, 1.54) is 16.9 Å². The number of aromatic carboxylic acids is 1. The lowest BCUT2D eigenvalue weighted by Crippen LogP contribution is -1.97. The van der Waals surface area contributed by atoms with Gasteiger partial charge >= 0.3 is 5.97 Å². The number of hydrogen-bond acceptors (Lipinski definition) is 4. The molecule has 100 valence electrons. The number of thiazole rings is 1. The first kappa shape index (κ1) is 12.6. The number of aromatic nitrogens is 1. The van der Waals surface area contributed by atoms with Crippen molar-refractivity contribution in [3.63, 3.8) is 0 Å². The van der Waals surface area contributed by atoms with Gasteiger partial charge in [0.25, 0.3) is 0 Å². The van der Waals surface area contributed by atoms with E-state index < -0.39 is 5.97 Å². The minimum atomic E-state index is -0.918. The molecule has 1 aromatic heterocycles. The van der Waals surface area contributed by atoms with E-state index in [0.717, 1.165) is 15.3 Å². The summed E-state index contributed by atoms with van der Waals surface area (Å²) in [5.74, 6) is -0.918. The molecular weight excluding hydrogens is 272 g/mol. The number of nitrogens with one attached hydrogen (secondary N) is 1. The predicted molar refractivity (Wildman–Crippen MR) is 80.3 cm³/mol. The molecule has 0 aliphatic heterocycles. The quantitative estimate of drug-likeness (QED) is 0.768. The van der Waals surface area contributed by atoms with Gasteiger partial charge in [0.1, 0.15) is 0 Å². The Morgan fingerprint density at radius 2 is 2.00 bits per heavy atom. The molecule has 3 rings (SSSR count). The molecule has 0 aliphatic carbocycles. The van der Waals surface area contributed by atoms with Crippen LogP contribution in [0, 0.1) is 0 Å². The van der Waals surface area contributed by atoms with Crippen LogP contribution in [0.25, 0.3) is 10.2 Å². The van der Waals surface area contributed by atoms with Crippen molar-refractivity contribution >= 4 is 32.7 Å². The van der Waals surface area contributed by atoms with E-state index in [1.54, 1.807) is 18.2 Å². The van der Waals surface area contributed by atoms with Crippen molar-refractivity contribution in [2.75, 3.05) is 5.32 Å². The van der Waals surface area contributed by atoms with Crippen LogP contribution in [0.1, 0.15) is 15.9 Å². The van der Waals surface area contributed by atoms with E-state index in [-0.39, 0.29) is 5.56 Å². The molecule has 2 aromatic carbocycles. The Morgan fingerprint density at radius 1 is 1.20 bits per heavy atom. The molecule has 0 atom stereocenters. The Morgan fingerprint density at radius 3 is 2.75 bits per heavy atom. The molecule has 0 bridgehead atoms. The standard InChI is InChI=1S/C15H12N2O2S/c18-14(19)11-6-7-12-13(8-11)20-15(17-12)16-9-10-4-2-1-3-5-10/h1-8H,9H2,(H,16,17)(H,18,19). The molecule has 4 nitrogen and oxygen atoms in total. The molecule has 2 N–H and O–H groups in total. The predicted octanol–water partition coefficient (Wildman–Crippen LogP) is 3.61. The number of carbonyl (C=O) groups is 1. The molecule has 0 amide bonds. The average molecular weight is 284 g/mol. The molecule has 0 fully saturated rings. The minimum Gasteiger partial charge on any atom is -0.478 e. The fourth-order valence-corrected chi connectivity index (χ4v) is 2.81. The van der Waals surface area contributed by atoms with Crippen molar-refractivity contribution in [2.24, 2.45) is 0 Å². The highest BCUT2D eigenvalue weighted by Gasteiger charge is 2.08. The van der Waals surface area contributed by atoms with E-state index in [4.69, 9.17) is 5.11 Å². The van der Waals surface area contributed by atoms with Gasteiger partial charge in [-0.25, -0.2) is 9.78 Å². The lowest BCUT2D eigenvalue weighted by molar-refractivity contribution is 0.0697. The number of anilines is 1. The maximum atomic E-state index is 10.9. The van der Waals surface area contributed by atoms with Crippen molar-refractivity contribution in [1.29, 1.82) is 0 Å². The van der Waals surface area contributed by atoms with Crippen LogP contribution in [0.15, 0.2) is 48.5 Å².